The molecule has 21 heavy (non-hydrogen) atoms. The van der Waals surface area contributed by atoms with Gasteiger partial charge in [0.2, 0.25) is 0 Å². The van der Waals surface area contributed by atoms with E-state index in [2.05, 4.69) is 27.4 Å². The summed E-state index contributed by atoms with van der Waals surface area (Å²) < 4.78 is 0. The van der Waals surface area contributed by atoms with Gasteiger partial charge in [-0.1, -0.05) is 69.6 Å². The van der Waals surface area contributed by atoms with Crippen LogP contribution in [0.5, 0.6) is 0 Å². The first-order valence-corrected chi connectivity index (χ1v) is 9.82. The molecular weight excluding hydrogens is 271 g/mol. The molecule has 0 aromatic heterocycles. The normalized spacial score (nSPS) is 22.7. The molecule has 1 unspecified atom stereocenters. The maximum absolute atomic E-state index is 3.04. The van der Waals surface area contributed by atoms with Gasteiger partial charge in [0.1, 0.15) is 0 Å². The van der Waals surface area contributed by atoms with Crippen molar-refractivity contribution in [3.8, 4) is 0 Å². The van der Waals surface area contributed by atoms with Crippen molar-refractivity contribution in [2.75, 3.05) is 0 Å². The van der Waals surface area contributed by atoms with Crippen molar-refractivity contribution in [1.82, 2.24) is 0 Å². The lowest BCUT2D eigenvalue weighted by atomic mass is 9.81. The highest BCUT2D eigenvalue weighted by atomic mass is 31.0. The predicted octanol–water partition coefficient (Wildman–Crippen LogP) is 6.06. The third-order valence-corrected chi connectivity index (χ3v) is 6.24. The van der Waals surface area contributed by atoms with Crippen molar-refractivity contribution in [2.45, 2.75) is 88.9 Å². The summed E-state index contributed by atoms with van der Waals surface area (Å²) in [4.78, 5) is 0. The van der Waals surface area contributed by atoms with Crippen LogP contribution in [0.1, 0.15) is 100 Å². The van der Waals surface area contributed by atoms with Crippen molar-refractivity contribution in [1.29, 1.82) is 0 Å². The molecule has 2 fully saturated rings. The van der Waals surface area contributed by atoms with Crippen LogP contribution >= 0.6 is 9.24 Å². The highest BCUT2D eigenvalue weighted by molar-refractivity contribution is 7.27. The molecule has 2 aliphatic carbocycles. The van der Waals surface area contributed by atoms with Gasteiger partial charge in [-0.05, 0) is 54.0 Å². The zero-order valence-corrected chi connectivity index (χ0v) is 14.6. The molecule has 1 heteroatoms. The Morgan fingerprint density at radius 2 is 1.19 bits per heavy atom. The van der Waals surface area contributed by atoms with Crippen LogP contribution in [0.2, 0.25) is 0 Å². The molecule has 3 rings (SSSR count). The molecule has 0 amide bonds. The lowest BCUT2D eigenvalue weighted by molar-refractivity contribution is 0.553. The average molecular weight is 302 g/mol. The minimum absolute atomic E-state index is 0.833. The van der Waals surface area contributed by atoms with Crippen molar-refractivity contribution < 1.29 is 0 Å². The second-order valence-corrected chi connectivity index (χ2v) is 7.85. The molecule has 2 aliphatic rings. The van der Waals surface area contributed by atoms with Gasteiger partial charge in [0, 0.05) is 0 Å². The smallest absolute Gasteiger partial charge is 0.0153 e. The maximum atomic E-state index is 3.04. The standard InChI is InChI=1S/C20H31P/c21-19-15-9-14-18(16-10-5-1-2-6-11-16)20(19)17-12-7-3-4-8-13-17/h9,14-17H,1-8,10-13,21H2. The molecule has 2 saturated carbocycles. The first-order valence-electron chi connectivity index (χ1n) is 9.24. The van der Waals surface area contributed by atoms with E-state index < -0.39 is 0 Å². The Hall–Kier alpha value is -0.350. The van der Waals surface area contributed by atoms with E-state index in [1.165, 1.54) is 82.4 Å². The van der Waals surface area contributed by atoms with Crippen molar-refractivity contribution in [3.05, 3.63) is 29.3 Å². The fourth-order valence-corrected chi connectivity index (χ4v) is 5.10. The van der Waals surface area contributed by atoms with Crippen molar-refractivity contribution in [2.24, 2.45) is 0 Å². The van der Waals surface area contributed by atoms with Crippen LogP contribution in [-0.4, -0.2) is 0 Å². The van der Waals surface area contributed by atoms with Crippen LogP contribution in [0.25, 0.3) is 0 Å². The highest BCUT2D eigenvalue weighted by Crippen LogP contribution is 2.39. The summed E-state index contributed by atoms with van der Waals surface area (Å²) >= 11 is 0. The van der Waals surface area contributed by atoms with Crippen LogP contribution in [0.3, 0.4) is 0 Å². The number of rotatable bonds is 2. The number of hydrogen-bond acceptors (Lipinski definition) is 0. The Balaban J connectivity index is 1.90. The first-order chi connectivity index (χ1) is 10.4. The SMILES string of the molecule is Pc1cccc(C2CCCCCC2)c1C1CCCCCC1. The third kappa shape index (κ3) is 3.89. The van der Waals surface area contributed by atoms with Crippen LogP contribution in [0.15, 0.2) is 18.2 Å². The highest BCUT2D eigenvalue weighted by Gasteiger charge is 2.24. The quantitative estimate of drug-likeness (QED) is 0.460. The van der Waals surface area contributed by atoms with Crippen LogP contribution in [0.4, 0.5) is 0 Å². The van der Waals surface area contributed by atoms with Gasteiger partial charge in [-0.2, -0.15) is 0 Å². The molecule has 1 aromatic rings. The van der Waals surface area contributed by atoms with E-state index in [0.717, 1.165) is 11.8 Å². The van der Waals surface area contributed by atoms with Gasteiger partial charge in [0.25, 0.3) is 0 Å². The number of hydrogen-bond donors (Lipinski definition) is 0. The maximum Gasteiger partial charge on any atom is -0.0153 e. The fourth-order valence-electron chi connectivity index (χ4n) is 4.59. The summed E-state index contributed by atoms with van der Waals surface area (Å²) in [5, 5.41) is 1.49. The molecule has 116 valence electrons. The van der Waals surface area contributed by atoms with E-state index in [4.69, 9.17) is 0 Å². The van der Waals surface area contributed by atoms with Gasteiger partial charge < -0.3 is 0 Å². The van der Waals surface area contributed by atoms with E-state index in [1.54, 1.807) is 11.1 Å². The molecule has 0 saturated heterocycles. The fraction of sp³-hybridized carbons (Fsp3) is 0.700. The van der Waals surface area contributed by atoms with E-state index in [1.807, 2.05) is 0 Å². The van der Waals surface area contributed by atoms with Crippen molar-refractivity contribution in [3.63, 3.8) is 0 Å². The summed E-state index contributed by atoms with van der Waals surface area (Å²) in [6.07, 6.45) is 17.3. The van der Waals surface area contributed by atoms with E-state index in [9.17, 15) is 0 Å². The minimum atomic E-state index is 0.833. The summed E-state index contributed by atoms with van der Waals surface area (Å²) in [7, 11) is 3.04. The van der Waals surface area contributed by atoms with E-state index in [-0.39, 0.29) is 0 Å². The van der Waals surface area contributed by atoms with Crippen LogP contribution in [-0.2, 0) is 0 Å². The second-order valence-electron chi connectivity index (χ2n) is 7.23. The van der Waals surface area contributed by atoms with Gasteiger partial charge in [-0.25, -0.2) is 0 Å². The Morgan fingerprint density at radius 1 is 0.667 bits per heavy atom. The Morgan fingerprint density at radius 3 is 1.76 bits per heavy atom. The molecule has 0 heterocycles. The third-order valence-electron chi connectivity index (χ3n) is 5.73. The van der Waals surface area contributed by atoms with Gasteiger partial charge >= 0.3 is 0 Å². The molecule has 0 nitrogen and oxygen atoms in total. The zero-order chi connectivity index (χ0) is 14.5. The summed E-state index contributed by atoms with van der Waals surface area (Å²) in [6.45, 7) is 0. The molecule has 0 N–H and O–H groups in total. The topological polar surface area (TPSA) is 0 Å². The lowest BCUT2D eigenvalue weighted by Crippen LogP contribution is -2.14. The molecule has 0 aliphatic heterocycles. The number of benzene rings is 1. The van der Waals surface area contributed by atoms with E-state index in [0.29, 0.717) is 0 Å². The van der Waals surface area contributed by atoms with Gasteiger partial charge in [-0.3, -0.25) is 0 Å². The van der Waals surface area contributed by atoms with Gasteiger partial charge in [-0.15, -0.1) is 9.24 Å². The first kappa shape index (κ1) is 15.5. The minimum Gasteiger partial charge on any atom is -0.105 e. The molecule has 0 bridgehead atoms. The Labute approximate surface area is 133 Å². The largest absolute Gasteiger partial charge is 0.105 e. The predicted molar refractivity (Wildman–Crippen MR) is 96.7 cm³/mol. The molecular formula is C20H31P. The van der Waals surface area contributed by atoms with Gasteiger partial charge in [0.05, 0.1) is 0 Å². The molecule has 0 spiro atoms. The summed E-state index contributed by atoms with van der Waals surface area (Å²) in [6, 6.07) is 7.08. The Kier molecular flexibility index (Phi) is 5.75. The molecule has 1 atom stereocenters. The average Bonchev–Trinajstić information content (AvgIpc) is 2.92. The lowest BCUT2D eigenvalue weighted by Gasteiger charge is -2.26. The second kappa shape index (κ2) is 7.77. The van der Waals surface area contributed by atoms with E-state index >= 15 is 0 Å². The van der Waals surface area contributed by atoms with Crippen LogP contribution in [0, 0.1) is 0 Å². The monoisotopic (exact) mass is 302 g/mol. The summed E-state index contributed by atoms with van der Waals surface area (Å²) in [5.74, 6) is 1.67. The van der Waals surface area contributed by atoms with Gasteiger partial charge in [0.15, 0.2) is 0 Å². The molecule has 1 aromatic carbocycles. The van der Waals surface area contributed by atoms with Crippen molar-refractivity contribution >= 4 is 14.5 Å². The van der Waals surface area contributed by atoms with Crippen LogP contribution < -0.4 is 5.30 Å². The zero-order valence-electron chi connectivity index (χ0n) is 13.4. The summed E-state index contributed by atoms with van der Waals surface area (Å²) in [5.41, 5.74) is 3.45. The Bertz CT molecular complexity index is 435. The molecule has 0 radical (unpaired) electrons.